The van der Waals surface area contributed by atoms with E-state index in [4.69, 9.17) is 0 Å². The summed E-state index contributed by atoms with van der Waals surface area (Å²) in [5.41, 5.74) is 0. The van der Waals surface area contributed by atoms with Gasteiger partial charge in [0, 0.05) is 0 Å². The largest absolute Gasteiger partial charge is 0.393 e. The standard InChI is InChI=1S/C19H38O/c1-2-3-4-5-6-7-8-9-14-17-19(20)18-15-12-10-11-13-16-18/h18-20H,2-17H2,1H3. The lowest BCUT2D eigenvalue weighted by atomic mass is 9.90. The van der Waals surface area contributed by atoms with Crippen LogP contribution in [0.5, 0.6) is 0 Å². The van der Waals surface area contributed by atoms with E-state index in [0.717, 1.165) is 6.42 Å². The molecule has 1 rings (SSSR count). The van der Waals surface area contributed by atoms with Crippen LogP contribution < -0.4 is 0 Å². The molecule has 1 aliphatic carbocycles. The van der Waals surface area contributed by atoms with Crippen LogP contribution in [0, 0.1) is 5.92 Å². The van der Waals surface area contributed by atoms with Gasteiger partial charge in [-0.25, -0.2) is 0 Å². The van der Waals surface area contributed by atoms with Crippen molar-refractivity contribution >= 4 is 0 Å². The van der Waals surface area contributed by atoms with Crippen molar-refractivity contribution in [1.29, 1.82) is 0 Å². The number of hydrogen-bond acceptors (Lipinski definition) is 1. The van der Waals surface area contributed by atoms with Crippen molar-refractivity contribution in [2.45, 2.75) is 116 Å². The van der Waals surface area contributed by atoms with Gasteiger partial charge in [0.15, 0.2) is 0 Å². The first-order valence-electron chi connectivity index (χ1n) is 9.52. The second-order valence-corrected chi connectivity index (χ2v) is 6.94. The number of hydrogen-bond donors (Lipinski definition) is 1. The molecule has 20 heavy (non-hydrogen) atoms. The quantitative estimate of drug-likeness (QED) is 0.351. The Morgan fingerprint density at radius 1 is 0.750 bits per heavy atom. The second kappa shape index (κ2) is 12.7. The summed E-state index contributed by atoms with van der Waals surface area (Å²) < 4.78 is 0. The van der Waals surface area contributed by atoms with Crippen molar-refractivity contribution in [2.24, 2.45) is 5.92 Å². The van der Waals surface area contributed by atoms with Gasteiger partial charge in [0.2, 0.25) is 0 Å². The van der Waals surface area contributed by atoms with Crippen LogP contribution in [0.2, 0.25) is 0 Å². The summed E-state index contributed by atoms with van der Waals surface area (Å²) in [7, 11) is 0. The second-order valence-electron chi connectivity index (χ2n) is 6.94. The van der Waals surface area contributed by atoms with Crippen LogP contribution in [0.4, 0.5) is 0 Å². The first-order chi connectivity index (χ1) is 9.84. The first-order valence-corrected chi connectivity index (χ1v) is 9.52. The Morgan fingerprint density at radius 3 is 1.80 bits per heavy atom. The maximum absolute atomic E-state index is 10.3. The molecule has 0 aromatic heterocycles. The Bertz CT molecular complexity index is 194. The lowest BCUT2D eigenvalue weighted by Crippen LogP contribution is -2.19. The van der Waals surface area contributed by atoms with Gasteiger partial charge in [-0.15, -0.1) is 0 Å². The fraction of sp³-hybridized carbons (Fsp3) is 1.00. The van der Waals surface area contributed by atoms with Gasteiger partial charge in [0.25, 0.3) is 0 Å². The molecule has 1 unspecified atom stereocenters. The molecule has 0 spiro atoms. The third-order valence-corrected chi connectivity index (χ3v) is 5.05. The average molecular weight is 283 g/mol. The van der Waals surface area contributed by atoms with Gasteiger partial charge in [-0.05, 0) is 25.2 Å². The number of rotatable bonds is 11. The van der Waals surface area contributed by atoms with Crippen molar-refractivity contribution in [2.75, 3.05) is 0 Å². The van der Waals surface area contributed by atoms with Gasteiger partial charge in [0.05, 0.1) is 6.10 Å². The Labute approximate surface area is 127 Å². The van der Waals surface area contributed by atoms with Gasteiger partial charge in [-0.1, -0.05) is 90.4 Å². The van der Waals surface area contributed by atoms with E-state index in [1.54, 1.807) is 0 Å². The Hall–Kier alpha value is -0.0400. The zero-order valence-electron chi connectivity index (χ0n) is 13.9. The van der Waals surface area contributed by atoms with E-state index in [9.17, 15) is 5.11 Å². The smallest absolute Gasteiger partial charge is 0.0568 e. The van der Waals surface area contributed by atoms with E-state index in [1.807, 2.05) is 0 Å². The molecule has 0 radical (unpaired) electrons. The summed E-state index contributed by atoms with van der Waals surface area (Å²) in [5.74, 6) is 0.617. The molecule has 1 heteroatoms. The molecule has 0 heterocycles. The lowest BCUT2D eigenvalue weighted by molar-refractivity contribution is 0.0874. The predicted molar refractivity (Wildman–Crippen MR) is 89.0 cm³/mol. The molecular formula is C19H38O. The van der Waals surface area contributed by atoms with Crippen molar-refractivity contribution < 1.29 is 5.11 Å². The topological polar surface area (TPSA) is 20.2 Å². The van der Waals surface area contributed by atoms with Gasteiger partial charge in [-0.2, -0.15) is 0 Å². The maximum Gasteiger partial charge on any atom is 0.0568 e. The van der Waals surface area contributed by atoms with Crippen LogP contribution in [0.15, 0.2) is 0 Å². The van der Waals surface area contributed by atoms with Crippen molar-refractivity contribution in [1.82, 2.24) is 0 Å². The number of unbranched alkanes of at least 4 members (excludes halogenated alkanes) is 8. The van der Waals surface area contributed by atoms with Crippen LogP contribution in [-0.4, -0.2) is 11.2 Å². The zero-order chi connectivity index (χ0) is 14.5. The SMILES string of the molecule is CCCCCCCCCCCC(O)C1CCCCCC1. The number of aliphatic hydroxyl groups is 1. The molecule has 1 nitrogen and oxygen atoms in total. The molecule has 1 fully saturated rings. The van der Waals surface area contributed by atoms with Crippen LogP contribution >= 0.6 is 0 Å². The minimum atomic E-state index is -0.00217. The molecule has 0 aromatic carbocycles. The first kappa shape index (κ1) is 18.0. The van der Waals surface area contributed by atoms with Gasteiger partial charge < -0.3 is 5.11 Å². The van der Waals surface area contributed by atoms with Crippen molar-refractivity contribution in [3.05, 3.63) is 0 Å². The molecule has 120 valence electrons. The predicted octanol–water partition coefficient (Wildman–Crippen LogP) is 6.24. The minimum absolute atomic E-state index is 0.00217. The van der Waals surface area contributed by atoms with Crippen molar-refractivity contribution in [3.63, 3.8) is 0 Å². The van der Waals surface area contributed by atoms with E-state index in [2.05, 4.69) is 6.92 Å². The summed E-state index contributed by atoms with van der Waals surface area (Å²) in [5, 5.41) is 10.3. The van der Waals surface area contributed by atoms with Crippen LogP contribution in [0.25, 0.3) is 0 Å². The highest BCUT2D eigenvalue weighted by atomic mass is 16.3. The molecule has 0 amide bonds. The summed E-state index contributed by atoms with van der Waals surface area (Å²) in [6, 6.07) is 0. The molecule has 0 aliphatic heterocycles. The van der Waals surface area contributed by atoms with Crippen LogP contribution in [-0.2, 0) is 0 Å². The third-order valence-electron chi connectivity index (χ3n) is 5.05. The minimum Gasteiger partial charge on any atom is -0.393 e. The van der Waals surface area contributed by atoms with Gasteiger partial charge in [-0.3, -0.25) is 0 Å². The van der Waals surface area contributed by atoms with E-state index < -0.39 is 0 Å². The highest BCUT2D eigenvalue weighted by Crippen LogP contribution is 2.27. The maximum atomic E-state index is 10.3. The highest BCUT2D eigenvalue weighted by molar-refractivity contribution is 4.72. The molecular weight excluding hydrogens is 244 g/mol. The normalized spacial score (nSPS) is 18.9. The Kier molecular flexibility index (Phi) is 11.4. The molecule has 1 atom stereocenters. The molecule has 1 N–H and O–H groups in total. The molecule has 1 aliphatic rings. The Balaban J connectivity index is 1.89. The van der Waals surface area contributed by atoms with Gasteiger partial charge >= 0.3 is 0 Å². The molecule has 0 saturated heterocycles. The highest BCUT2D eigenvalue weighted by Gasteiger charge is 2.19. The summed E-state index contributed by atoms with van der Waals surface area (Å²) in [6.45, 7) is 2.28. The number of aliphatic hydroxyl groups excluding tert-OH is 1. The monoisotopic (exact) mass is 282 g/mol. The van der Waals surface area contributed by atoms with Crippen LogP contribution in [0.3, 0.4) is 0 Å². The van der Waals surface area contributed by atoms with Crippen molar-refractivity contribution in [3.8, 4) is 0 Å². The fourth-order valence-electron chi connectivity index (χ4n) is 3.60. The molecule has 0 bridgehead atoms. The Morgan fingerprint density at radius 2 is 1.25 bits per heavy atom. The van der Waals surface area contributed by atoms with E-state index in [0.29, 0.717) is 5.92 Å². The van der Waals surface area contributed by atoms with E-state index >= 15 is 0 Å². The van der Waals surface area contributed by atoms with E-state index in [1.165, 1.54) is 96.3 Å². The molecule has 0 aromatic rings. The summed E-state index contributed by atoms with van der Waals surface area (Å²) in [6.07, 6.45) is 21.5. The summed E-state index contributed by atoms with van der Waals surface area (Å²) >= 11 is 0. The zero-order valence-corrected chi connectivity index (χ0v) is 13.9. The van der Waals surface area contributed by atoms with E-state index in [-0.39, 0.29) is 6.10 Å². The molecule has 1 saturated carbocycles. The average Bonchev–Trinajstić information content (AvgIpc) is 2.74. The van der Waals surface area contributed by atoms with Crippen LogP contribution in [0.1, 0.15) is 110 Å². The fourth-order valence-corrected chi connectivity index (χ4v) is 3.60. The lowest BCUT2D eigenvalue weighted by Gasteiger charge is -2.21. The summed E-state index contributed by atoms with van der Waals surface area (Å²) in [4.78, 5) is 0. The van der Waals surface area contributed by atoms with Gasteiger partial charge in [0.1, 0.15) is 0 Å². The third kappa shape index (κ3) is 9.00.